The van der Waals surface area contributed by atoms with Crippen LogP contribution in [0.2, 0.25) is 0 Å². The van der Waals surface area contributed by atoms with Crippen LogP contribution in [0, 0.1) is 0 Å². The highest BCUT2D eigenvalue weighted by Crippen LogP contribution is 2.38. The Hall–Kier alpha value is -1.75. The molecule has 5 heteroatoms. The van der Waals surface area contributed by atoms with Gasteiger partial charge in [0.15, 0.2) is 11.5 Å². The van der Waals surface area contributed by atoms with E-state index < -0.39 is 0 Å². The van der Waals surface area contributed by atoms with Gasteiger partial charge < -0.3 is 19.8 Å². The molecule has 3 rings (SSSR count). The molecule has 1 aliphatic rings. The van der Waals surface area contributed by atoms with E-state index in [1.807, 2.05) is 12.1 Å². The highest BCUT2D eigenvalue weighted by Gasteiger charge is 2.23. The van der Waals surface area contributed by atoms with Crippen LogP contribution in [0.4, 0.5) is 0 Å². The molecule has 1 aliphatic heterocycles. The lowest BCUT2D eigenvalue weighted by Gasteiger charge is -2.20. The fourth-order valence-corrected chi connectivity index (χ4v) is 3.01. The average molecular weight is 289 g/mol. The minimum Gasteiger partial charge on any atom is -0.454 e. The van der Waals surface area contributed by atoms with Crippen molar-refractivity contribution in [2.75, 3.05) is 13.3 Å². The molecule has 0 spiro atoms. The first kappa shape index (κ1) is 14.2. The van der Waals surface area contributed by atoms with Crippen LogP contribution in [0.15, 0.2) is 12.1 Å². The molecule has 2 heterocycles. The van der Waals surface area contributed by atoms with E-state index in [-0.39, 0.29) is 12.8 Å². The smallest absolute Gasteiger partial charge is 0.231 e. The molecule has 1 aromatic carbocycles. The van der Waals surface area contributed by atoms with Crippen LogP contribution in [-0.2, 0) is 0 Å². The second-order valence-electron chi connectivity index (χ2n) is 5.63. The minimum absolute atomic E-state index is 0.214. The third-order valence-corrected chi connectivity index (χ3v) is 4.34. The molecule has 0 amide bonds. The molecule has 2 aromatic rings. The van der Waals surface area contributed by atoms with Gasteiger partial charge in [0.25, 0.3) is 0 Å². The Bertz CT molecular complexity index is 646. The Morgan fingerprint density at radius 2 is 1.90 bits per heavy atom. The third kappa shape index (κ3) is 2.25. The topological polar surface area (TPSA) is 62.3 Å². The fraction of sp³-hybridized carbons (Fsp3) is 0.562. The van der Waals surface area contributed by atoms with Crippen molar-refractivity contribution in [3.8, 4) is 11.5 Å². The number of hydrogen-bond donors (Lipinski definition) is 1. The van der Waals surface area contributed by atoms with E-state index in [0.717, 1.165) is 41.2 Å². The van der Waals surface area contributed by atoms with Gasteiger partial charge in [-0.25, -0.2) is 4.98 Å². The van der Waals surface area contributed by atoms with Crippen LogP contribution in [0.1, 0.15) is 51.4 Å². The molecule has 0 fully saturated rings. The first-order chi connectivity index (χ1) is 10.2. The average Bonchev–Trinajstić information content (AvgIpc) is 3.08. The molecule has 1 unspecified atom stereocenters. The van der Waals surface area contributed by atoms with Crippen molar-refractivity contribution in [1.29, 1.82) is 0 Å². The molecule has 1 atom stereocenters. The van der Waals surface area contributed by atoms with Crippen molar-refractivity contribution in [2.45, 2.75) is 45.6 Å². The van der Waals surface area contributed by atoms with E-state index >= 15 is 0 Å². The maximum Gasteiger partial charge on any atom is 0.231 e. The Labute approximate surface area is 125 Å². The number of benzene rings is 1. The highest BCUT2D eigenvalue weighted by molar-refractivity contribution is 5.81. The quantitative estimate of drug-likeness (QED) is 0.918. The molecule has 2 N–H and O–H groups in total. The zero-order valence-electron chi connectivity index (χ0n) is 12.9. The minimum atomic E-state index is 0.214. The summed E-state index contributed by atoms with van der Waals surface area (Å²) in [6.45, 7) is 7.42. The zero-order valence-corrected chi connectivity index (χ0v) is 12.9. The van der Waals surface area contributed by atoms with Gasteiger partial charge in [-0.15, -0.1) is 0 Å². The van der Waals surface area contributed by atoms with Crippen LogP contribution in [0.5, 0.6) is 11.5 Å². The molecule has 0 saturated carbocycles. The summed E-state index contributed by atoms with van der Waals surface area (Å²) in [5.74, 6) is 3.15. The second-order valence-corrected chi connectivity index (χ2v) is 5.63. The van der Waals surface area contributed by atoms with Gasteiger partial charge in [0.1, 0.15) is 5.82 Å². The van der Waals surface area contributed by atoms with Gasteiger partial charge in [-0.05, 0) is 19.8 Å². The van der Waals surface area contributed by atoms with E-state index in [0.29, 0.717) is 12.5 Å². The fourth-order valence-electron chi connectivity index (χ4n) is 3.01. The predicted octanol–water partition coefficient (Wildman–Crippen LogP) is 3.19. The van der Waals surface area contributed by atoms with Crippen LogP contribution in [0.25, 0.3) is 11.0 Å². The first-order valence-electron chi connectivity index (χ1n) is 7.71. The van der Waals surface area contributed by atoms with Crippen molar-refractivity contribution in [3.63, 3.8) is 0 Å². The summed E-state index contributed by atoms with van der Waals surface area (Å²) >= 11 is 0. The van der Waals surface area contributed by atoms with E-state index in [1.54, 1.807) is 0 Å². The number of aromatic nitrogens is 2. The summed E-state index contributed by atoms with van der Waals surface area (Å²) in [4.78, 5) is 4.87. The molecule has 0 saturated heterocycles. The van der Waals surface area contributed by atoms with Crippen LogP contribution in [0.3, 0.4) is 0 Å². The Kier molecular flexibility index (Phi) is 3.76. The van der Waals surface area contributed by atoms with E-state index in [2.05, 4.69) is 25.3 Å². The second kappa shape index (κ2) is 5.56. The normalized spacial score (nSPS) is 15.1. The maximum absolute atomic E-state index is 5.91. The lowest BCUT2D eigenvalue weighted by atomic mass is 10.0. The molecule has 1 aromatic heterocycles. The number of nitrogens with two attached hydrogens (primary N) is 1. The number of imidazole rings is 1. The van der Waals surface area contributed by atoms with Crippen LogP contribution >= 0.6 is 0 Å². The van der Waals surface area contributed by atoms with Gasteiger partial charge in [-0.1, -0.05) is 13.8 Å². The predicted molar refractivity (Wildman–Crippen MR) is 82.9 cm³/mol. The van der Waals surface area contributed by atoms with Gasteiger partial charge in [-0.3, -0.25) is 0 Å². The summed E-state index contributed by atoms with van der Waals surface area (Å²) in [5.41, 5.74) is 7.96. The molecule has 0 aliphatic carbocycles. The van der Waals surface area contributed by atoms with Crippen molar-refractivity contribution < 1.29 is 9.47 Å². The lowest BCUT2D eigenvalue weighted by molar-refractivity contribution is 0.174. The van der Waals surface area contributed by atoms with Crippen LogP contribution < -0.4 is 15.2 Å². The molecular formula is C16H23N3O2. The van der Waals surface area contributed by atoms with Crippen molar-refractivity contribution in [3.05, 3.63) is 18.0 Å². The molecule has 114 valence electrons. The van der Waals surface area contributed by atoms with E-state index in [1.165, 1.54) is 0 Å². The van der Waals surface area contributed by atoms with Gasteiger partial charge >= 0.3 is 0 Å². The van der Waals surface area contributed by atoms with E-state index in [9.17, 15) is 0 Å². The molecule has 0 bridgehead atoms. The van der Waals surface area contributed by atoms with Crippen LogP contribution in [-0.4, -0.2) is 22.9 Å². The largest absolute Gasteiger partial charge is 0.454 e. The zero-order chi connectivity index (χ0) is 15.0. The summed E-state index contributed by atoms with van der Waals surface area (Å²) in [6, 6.07) is 4.22. The number of hydrogen-bond acceptors (Lipinski definition) is 4. The van der Waals surface area contributed by atoms with Gasteiger partial charge in [0, 0.05) is 30.6 Å². The Balaban J connectivity index is 2.22. The number of fused-ring (bicyclic) bond motifs is 2. The van der Waals surface area contributed by atoms with Crippen molar-refractivity contribution in [2.24, 2.45) is 5.73 Å². The Morgan fingerprint density at radius 1 is 1.24 bits per heavy atom. The standard InChI is InChI=1S/C16H23N3O2/c1-4-11(5-2)16-18-12-6-14-15(21-9-20-14)7-13(12)19(16)10(3)8-17/h6-7,10-11H,4-5,8-9,17H2,1-3H3. The summed E-state index contributed by atoms with van der Waals surface area (Å²) in [6.07, 6.45) is 2.15. The number of rotatable bonds is 5. The van der Waals surface area contributed by atoms with Crippen molar-refractivity contribution in [1.82, 2.24) is 9.55 Å². The Morgan fingerprint density at radius 3 is 2.52 bits per heavy atom. The SMILES string of the molecule is CCC(CC)c1nc2cc3c(cc2n1C(C)CN)OCO3. The maximum atomic E-state index is 5.91. The summed E-state index contributed by atoms with van der Waals surface area (Å²) in [5, 5.41) is 0. The van der Waals surface area contributed by atoms with E-state index in [4.69, 9.17) is 20.2 Å². The van der Waals surface area contributed by atoms with Crippen molar-refractivity contribution >= 4 is 11.0 Å². The lowest BCUT2D eigenvalue weighted by Crippen LogP contribution is -2.19. The number of nitrogens with zero attached hydrogens (tertiary/aromatic N) is 2. The monoisotopic (exact) mass is 289 g/mol. The summed E-state index contributed by atoms with van der Waals surface area (Å²) < 4.78 is 13.2. The highest BCUT2D eigenvalue weighted by atomic mass is 16.7. The van der Waals surface area contributed by atoms with Gasteiger partial charge in [-0.2, -0.15) is 0 Å². The molecular weight excluding hydrogens is 266 g/mol. The molecule has 0 radical (unpaired) electrons. The molecule has 5 nitrogen and oxygen atoms in total. The summed E-state index contributed by atoms with van der Waals surface area (Å²) in [7, 11) is 0. The molecule has 21 heavy (non-hydrogen) atoms. The van der Waals surface area contributed by atoms with Gasteiger partial charge in [0.2, 0.25) is 6.79 Å². The first-order valence-corrected chi connectivity index (χ1v) is 7.71. The van der Waals surface area contributed by atoms with Gasteiger partial charge in [0.05, 0.1) is 11.0 Å². The third-order valence-electron chi connectivity index (χ3n) is 4.34. The number of ether oxygens (including phenoxy) is 2.